The van der Waals surface area contributed by atoms with E-state index in [0.29, 0.717) is 32.8 Å². The number of ether oxygens (including phenoxy) is 2. The Kier molecular flexibility index (Phi) is 8.15. The first kappa shape index (κ1) is 29.2. The summed E-state index contributed by atoms with van der Waals surface area (Å²) in [6.45, 7) is -0.450. The number of aliphatic hydroxyl groups excluding tert-OH is 2. The van der Waals surface area contributed by atoms with E-state index in [1.807, 2.05) is 30.3 Å². The molecule has 2 aliphatic rings. The van der Waals surface area contributed by atoms with Crippen LogP contribution in [0.15, 0.2) is 47.7 Å². The summed E-state index contributed by atoms with van der Waals surface area (Å²) in [5, 5.41) is 18.2. The number of nitrogens with zero attached hydrogens (tertiary/aromatic N) is 8. The predicted molar refractivity (Wildman–Crippen MR) is 154 cm³/mol. The van der Waals surface area contributed by atoms with Gasteiger partial charge in [-0.15, -0.1) is 0 Å². The van der Waals surface area contributed by atoms with Crippen LogP contribution in [0.3, 0.4) is 0 Å². The third-order valence-electron chi connectivity index (χ3n) is 7.14. The van der Waals surface area contributed by atoms with E-state index in [1.165, 1.54) is 21.8 Å². The van der Waals surface area contributed by atoms with Gasteiger partial charge in [0, 0.05) is 18.4 Å². The van der Waals surface area contributed by atoms with Gasteiger partial charge in [-0.05, 0) is 15.9 Å². The molecule has 0 aliphatic carbocycles. The van der Waals surface area contributed by atoms with Gasteiger partial charge < -0.3 is 31.2 Å². The first-order chi connectivity index (χ1) is 20.8. The number of imidazole rings is 2. The number of nitrogen functional groups attached to an aromatic ring is 2. The van der Waals surface area contributed by atoms with Gasteiger partial charge in [-0.1, -0.05) is 30.3 Å². The molecule has 1 aromatic carbocycles. The smallest absolute Gasteiger partial charge is 0.222 e. The largest absolute Gasteiger partial charge is 0.394 e. The third kappa shape index (κ3) is 5.49. The Balaban J connectivity index is 0.000000157. The quantitative estimate of drug-likeness (QED) is 0.201. The summed E-state index contributed by atoms with van der Waals surface area (Å²) in [7, 11) is 0. The van der Waals surface area contributed by atoms with Crippen molar-refractivity contribution in [2.45, 2.75) is 49.8 Å². The lowest BCUT2D eigenvalue weighted by atomic mass is 10.1. The molecule has 5 aromatic rings. The molecule has 226 valence electrons. The average molecular weight is 661 g/mol. The highest BCUT2D eigenvalue weighted by molar-refractivity contribution is 9.10. The molecule has 0 spiro atoms. The SMILES string of the molecule is Nc1nc(-c2ccccc2)c2ncn(C3OC(CO)CC3F)c2n1.Nc1ncnc2c1nc(Br)n2[C@@H]1O[C@H](CO)C[C@@H]1F. The Hall–Kier alpha value is -3.90. The minimum atomic E-state index is -1.25. The number of anilines is 2. The third-order valence-corrected chi connectivity index (χ3v) is 7.70. The van der Waals surface area contributed by atoms with Crippen LogP contribution in [0, 0.1) is 0 Å². The Morgan fingerprint density at radius 2 is 1.53 bits per heavy atom. The van der Waals surface area contributed by atoms with E-state index in [0.717, 1.165) is 5.56 Å². The molecule has 0 radical (unpaired) electrons. The van der Waals surface area contributed by atoms with Gasteiger partial charge in [-0.2, -0.15) is 4.98 Å². The summed E-state index contributed by atoms with van der Waals surface area (Å²) in [4.78, 5) is 24.9. The van der Waals surface area contributed by atoms with E-state index >= 15 is 0 Å². The molecule has 0 saturated carbocycles. The van der Waals surface area contributed by atoms with E-state index in [4.69, 9.17) is 26.0 Å². The summed E-state index contributed by atoms with van der Waals surface area (Å²) < 4.78 is 42.7. The maximum Gasteiger partial charge on any atom is 0.222 e. The number of aliphatic hydroxyl groups is 2. The number of benzene rings is 1. The van der Waals surface area contributed by atoms with E-state index in [2.05, 4.69) is 45.8 Å². The molecular weight excluding hydrogens is 634 g/mol. The number of rotatable bonds is 5. The summed E-state index contributed by atoms with van der Waals surface area (Å²) in [6, 6.07) is 9.47. The maximum absolute atomic E-state index is 14.3. The van der Waals surface area contributed by atoms with Crippen molar-refractivity contribution in [3.63, 3.8) is 0 Å². The van der Waals surface area contributed by atoms with Crippen molar-refractivity contribution in [1.82, 2.24) is 39.0 Å². The lowest BCUT2D eigenvalue weighted by Crippen LogP contribution is -2.18. The van der Waals surface area contributed by atoms with E-state index in [-0.39, 0.29) is 37.8 Å². The van der Waals surface area contributed by atoms with E-state index in [1.54, 1.807) is 0 Å². The fraction of sp³-hybridized carbons (Fsp3) is 0.385. The second kappa shape index (κ2) is 12.0. The van der Waals surface area contributed by atoms with Crippen LogP contribution >= 0.6 is 15.9 Å². The summed E-state index contributed by atoms with van der Waals surface area (Å²) >= 11 is 3.24. The van der Waals surface area contributed by atoms with Gasteiger partial charge in [0.25, 0.3) is 0 Å². The molecule has 43 heavy (non-hydrogen) atoms. The zero-order valence-electron chi connectivity index (χ0n) is 22.4. The van der Waals surface area contributed by atoms with Crippen LogP contribution in [0.25, 0.3) is 33.6 Å². The van der Waals surface area contributed by atoms with Gasteiger partial charge in [0.2, 0.25) is 5.95 Å². The van der Waals surface area contributed by atoms with Gasteiger partial charge in [0.05, 0.1) is 31.7 Å². The standard InChI is InChI=1S/C16H16FN5O2.C10H11BrFN5O2/c17-11-6-10(7-23)24-15(11)22-8-19-13-12(9-4-2-1-3-5-9)20-16(18)21-14(13)22;11-10-16-6-7(13)14-3-15-8(6)17(10)9-5(12)1-4(2-18)19-9/h1-5,8,10-11,15,23H,6-7H2,(H2,18,20,21);3-5,9,18H,1-2H2,(H2,13,14,15)/t;4-,5-,9+/m.0/s1. The number of alkyl halides is 2. The van der Waals surface area contributed by atoms with Crippen LogP contribution in [0.1, 0.15) is 25.3 Å². The van der Waals surface area contributed by atoms with Gasteiger partial charge in [0.15, 0.2) is 39.8 Å². The zero-order valence-corrected chi connectivity index (χ0v) is 24.0. The topological polar surface area (TPSA) is 198 Å². The molecule has 17 heteroatoms. The van der Waals surface area contributed by atoms with Crippen molar-refractivity contribution in [2.24, 2.45) is 0 Å². The van der Waals surface area contributed by atoms with Crippen LogP contribution in [0.5, 0.6) is 0 Å². The molecule has 14 nitrogen and oxygen atoms in total. The van der Waals surface area contributed by atoms with E-state index in [9.17, 15) is 13.9 Å². The minimum absolute atomic E-state index is 0.0789. The molecular formula is C26H27BrF2N10O4. The van der Waals surface area contributed by atoms with Gasteiger partial charge in [-0.3, -0.25) is 9.13 Å². The Labute approximate surface area is 250 Å². The maximum atomic E-state index is 14.3. The lowest BCUT2D eigenvalue weighted by molar-refractivity contribution is -0.0362. The Morgan fingerprint density at radius 3 is 2.21 bits per heavy atom. The fourth-order valence-corrected chi connectivity index (χ4v) is 5.70. The highest BCUT2D eigenvalue weighted by atomic mass is 79.9. The normalized spacial score (nSPS) is 25.3. The van der Waals surface area contributed by atoms with Gasteiger partial charge >= 0.3 is 0 Å². The summed E-state index contributed by atoms with van der Waals surface area (Å²) in [6.07, 6.45) is -2.30. The Morgan fingerprint density at radius 1 is 0.860 bits per heavy atom. The van der Waals surface area contributed by atoms with E-state index < -0.39 is 37.0 Å². The second-order valence-corrected chi connectivity index (χ2v) is 10.7. The first-order valence-corrected chi connectivity index (χ1v) is 14.1. The molecule has 4 aromatic heterocycles. The zero-order chi connectivity index (χ0) is 30.2. The molecule has 0 amide bonds. The highest BCUT2D eigenvalue weighted by Crippen LogP contribution is 2.37. The molecule has 6 atom stereocenters. The molecule has 6 heterocycles. The van der Waals surface area contributed by atoms with Gasteiger partial charge in [0.1, 0.15) is 29.9 Å². The van der Waals surface area contributed by atoms with Crippen LogP contribution < -0.4 is 11.5 Å². The van der Waals surface area contributed by atoms with Crippen molar-refractivity contribution in [2.75, 3.05) is 24.7 Å². The first-order valence-electron chi connectivity index (χ1n) is 13.3. The van der Waals surface area contributed by atoms with Crippen molar-refractivity contribution in [3.05, 3.63) is 47.7 Å². The van der Waals surface area contributed by atoms with Crippen molar-refractivity contribution in [3.8, 4) is 11.3 Å². The second-order valence-electron chi connectivity index (χ2n) is 9.97. The lowest BCUT2D eigenvalue weighted by Gasteiger charge is -2.16. The number of halogens is 3. The number of nitrogens with two attached hydrogens (primary N) is 2. The number of hydrogen-bond donors (Lipinski definition) is 4. The predicted octanol–water partition coefficient (Wildman–Crippen LogP) is 2.48. The summed E-state index contributed by atoms with van der Waals surface area (Å²) in [5.74, 6) is 0.298. The molecule has 6 N–H and O–H groups in total. The molecule has 2 fully saturated rings. The van der Waals surface area contributed by atoms with Crippen LogP contribution in [0.2, 0.25) is 0 Å². The van der Waals surface area contributed by atoms with Crippen LogP contribution in [-0.4, -0.2) is 87.0 Å². The number of fused-ring (bicyclic) bond motifs is 2. The average Bonchev–Trinajstić information content (AvgIpc) is 3.77. The number of hydrogen-bond acceptors (Lipinski definition) is 12. The Bertz CT molecular complexity index is 1740. The molecule has 2 saturated heterocycles. The summed E-state index contributed by atoms with van der Waals surface area (Å²) in [5.41, 5.74) is 14.7. The highest BCUT2D eigenvalue weighted by Gasteiger charge is 2.39. The molecule has 2 aliphatic heterocycles. The van der Waals surface area contributed by atoms with Gasteiger partial charge in [-0.25, -0.2) is 33.7 Å². The minimum Gasteiger partial charge on any atom is -0.394 e. The monoisotopic (exact) mass is 660 g/mol. The van der Waals surface area contributed by atoms with Crippen molar-refractivity contribution < 1.29 is 28.5 Å². The molecule has 7 rings (SSSR count). The van der Waals surface area contributed by atoms with Crippen LogP contribution in [-0.2, 0) is 9.47 Å². The fourth-order valence-electron chi connectivity index (χ4n) is 5.15. The molecule has 3 unspecified atom stereocenters. The molecule has 0 bridgehead atoms. The van der Waals surface area contributed by atoms with Crippen LogP contribution in [0.4, 0.5) is 20.5 Å². The number of aromatic nitrogens is 8. The van der Waals surface area contributed by atoms with Crippen molar-refractivity contribution >= 4 is 50.0 Å². The van der Waals surface area contributed by atoms with Crippen molar-refractivity contribution in [1.29, 1.82) is 0 Å².